The number of nitrogens with one attached hydrogen (secondary N) is 1. The molecule has 0 saturated heterocycles. The molecule has 0 aliphatic carbocycles. The highest BCUT2D eigenvalue weighted by Crippen LogP contribution is 2.08. The van der Waals surface area contributed by atoms with Gasteiger partial charge >= 0.3 is 6.09 Å². The summed E-state index contributed by atoms with van der Waals surface area (Å²) in [6.07, 6.45) is -1.87. The number of hydrogen-bond acceptors (Lipinski definition) is 5. The Labute approximate surface area is 122 Å². The molecule has 1 amide bonds. The molecule has 0 spiro atoms. The van der Waals surface area contributed by atoms with Crippen LogP contribution in [0.25, 0.3) is 0 Å². The number of rotatable bonds is 3. The van der Waals surface area contributed by atoms with Crippen LogP contribution in [0, 0.1) is 11.8 Å². The van der Waals surface area contributed by atoms with Gasteiger partial charge in [-0.3, -0.25) is 0 Å². The van der Waals surface area contributed by atoms with Crippen LogP contribution in [0.15, 0.2) is 17.5 Å². The van der Waals surface area contributed by atoms with Crippen LogP contribution in [0.2, 0.25) is 0 Å². The predicted molar refractivity (Wildman–Crippen MR) is 77.4 cm³/mol. The number of carbonyl (C=O) groups is 1. The van der Waals surface area contributed by atoms with Crippen LogP contribution in [0.4, 0.5) is 4.79 Å². The summed E-state index contributed by atoms with van der Waals surface area (Å²) in [5.74, 6) is 5.37. The summed E-state index contributed by atoms with van der Waals surface area (Å²) in [6, 6.07) is 2.78. The van der Waals surface area contributed by atoms with E-state index in [2.05, 4.69) is 17.2 Å². The van der Waals surface area contributed by atoms with Gasteiger partial charge in [-0.1, -0.05) is 17.9 Å². The van der Waals surface area contributed by atoms with Gasteiger partial charge in [0.2, 0.25) is 0 Å². The van der Waals surface area contributed by atoms with E-state index in [1.807, 2.05) is 17.5 Å². The number of hydrogen-bond donors (Lipinski definition) is 3. The van der Waals surface area contributed by atoms with Gasteiger partial charge in [0.1, 0.15) is 11.7 Å². The number of carbonyl (C=O) groups excluding carboxylic acids is 1. The van der Waals surface area contributed by atoms with E-state index in [-0.39, 0.29) is 0 Å². The molecule has 3 N–H and O–H groups in total. The van der Waals surface area contributed by atoms with Gasteiger partial charge in [-0.2, -0.15) is 0 Å². The normalized spacial score (nSPS) is 13.8. The molecule has 1 heterocycles. The van der Waals surface area contributed by atoms with Crippen molar-refractivity contribution in [3.8, 4) is 11.8 Å². The summed E-state index contributed by atoms with van der Waals surface area (Å²) in [7, 11) is 0. The second-order valence-electron chi connectivity index (χ2n) is 5.13. The fourth-order valence-electron chi connectivity index (χ4n) is 1.28. The van der Waals surface area contributed by atoms with Gasteiger partial charge in [0, 0.05) is 0 Å². The maximum absolute atomic E-state index is 11.6. The molecule has 0 bridgehead atoms. The third-order valence-electron chi connectivity index (χ3n) is 2.14. The van der Waals surface area contributed by atoms with Crippen LogP contribution in [0.5, 0.6) is 0 Å². The fourth-order valence-corrected chi connectivity index (χ4v) is 1.86. The molecule has 0 saturated carbocycles. The van der Waals surface area contributed by atoms with Crippen molar-refractivity contribution in [3.63, 3.8) is 0 Å². The van der Waals surface area contributed by atoms with E-state index in [9.17, 15) is 15.0 Å². The molecular formula is C14H19NO4S. The first-order valence-corrected chi connectivity index (χ1v) is 7.03. The second-order valence-corrected chi connectivity index (χ2v) is 6.07. The smallest absolute Gasteiger partial charge is 0.408 e. The number of aliphatic hydroxyl groups is 2. The third kappa shape index (κ3) is 6.06. The number of aliphatic hydroxyl groups excluding tert-OH is 2. The van der Waals surface area contributed by atoms with Crippen molar-refractivity contribution < 1.29 is 19.7 Å². The molecule has 20 heavy (non-hydrogen) atoms. The Morgan fingerprint density at radius 1 is 1.55 bits per heavy atom. The maximum Gasteiger partial charge on any atom is 0.408 e. The fraction of sp³-hybridized carbons (Fsp3) is 0.500. The van der Waals surface area contributed by atoms with E-state index >= 15 is 0 Å². The van der Waals surface area contributed by atoms with E-state index in [0.717, 1.165) is 4.88 Å². The predicted octanol–water partition coefficient (Wildman–Crippen LogP) is 1.35. The van der Waals surface area contributed by atoms with Crippen molar-refractivity contribution in [1.82, 2.24) is 5.32 Å². The van der Waals surface area contributed by atoms with Crippen molar-refractivity contribution >= 4 is 17.4 Å². The maximum atomic E-state index is 11.6. The summed E-state index contributed by atoms with van der Waals surface area (Å²) in [6.45, 7) is 4.76. The Morgan fingerprint density at radius 2 is 2.25 bits per heavy atom. The molecule has 0 fully saturated rings. The van der Waals surface area contributed by atoms with E-state index in [1.54, 1.807) is 20.8 Å². The first kappa shape index (κ1) is 16.5. The molecule has 0 aliphatic heterocycles. The molecule has 6 heteroatoms. The van der Waals surface area contributed by atoms with Gasteiger partial charge in [-0.05, 0) is 32.2 Å². The summed E-state index contributed by atoms with van der Waals surface area (Å²) >= 11 is 1.45. The van der Waals surface area contributed by atoms with Gasteiger partial charge in [-0.15, -0.1) is 11.3 Å². The standard InChI is InChI=1S/C14H19NO4S/c1-14(2,3)19-13(18)15-11(9-16)12(17)7-6-10-5-4-8-20-10/h4-5,8,11-12,16-17H,9H2,1-3H3,(H,15,18)/t11-,12+/m0/s1. The van der Waals surface area contributed by atoms with Crippen LogP contribution in [0.3, 0.4) is 0 Å². The minimum atomic E-state index is -1.17. The molecule has 110 valence electrons. The van der Waals surface area contributed by atoms with Gasteiger partial charge < -0.3 is 20.3 Å². The van der Waals surface area contributed by atoms with Crippen LogP contribution in [-0.2, 0) is 4.74 Å². The Bertz CT molecular complexity index is 482. The lowest BCUT2D eigenvalue weighted by Gasteiger charge is -2.23. The highest BCUT2D eigenvalue weighted by molar-refractivity contribution is 7.10. The number of amides is 1. The quantitative estimate of drug-likeness (QED) is 0.736. The topological polar surface area (TPSA) is 78.8 Å². The second kappa shape index (κ2) is 7.29. The van der Waals surface area contributed by atoms with E-state index < -0.39 is 30.4 Å². The van der Waals surface area contributed by atoms with E-state index in [4.69, 9.17) is 4.74 Å². The molecule has 1 aromatic rings. The number of thiophene rings is 1. The summed E-state index contributed by atoms with van der Waals surface area (Å²) in [4.78, 5) is 12.4. The molecule has 0 radical (unpaired) electrons. The average molecular weight is 297 g/mol. The Kier molecular flexibility index (Phi) is 6.02. The van der Waals surface area contributed by atoms with Crippen LogP contribution in [0.1, 0.15) is 25.6 Å². The Hall–Kier alpha value is -1.55. The SMILES string of the molecule is CC(C)(C)OC(=O)N[C@@H](CO)[C@H](O)C#Cc1cccs1. The Balaban J connectivity index is 2.59. The van der Waals surface area contributed by atoms with Crippen LogP contribution < -0.4 is 5.32 Å². The van der Waals surface area contributed by atoms with E-state index in [1.165, 1.54) is 11.3 Å². The zero-order valence-electron chi connectivity index (χ0n) is 11.7. The van der Waals surface area contributed by atoms with Gasteiger partial charge in [-0.25, -0.2) is 4.79 Å². The lowest BCUT2D eigenvalue weighted by Crippen LogP contribution is -2.47. The first-order valence-electron chi connectivity index (χ1n) is 6.15. The highest BCUT2D eigenvalue weighted by Gasteiger charge is 2.22. The largest absolute Gasteiger partial charge is 0.444 e. The molecule has 0 aromatic carbocycles. The summed E-state index contributed by atoms with van der Waals surface area (Å²) in [5.41, 5.74) is -0.641. The number of ether oxygens (including phenoxy) is 1. The van der Waals surface area contributed by atoms with Crippen molar-refractivity contribution in [1.29, 1.82) is 0 Å². The lowest BCUT2D eigenvalue weighted by atomic mass is 10.1. The molecule has 0 unspecified atom stereocenters. The number of alkyl carbamates (subject to hydrolysis) is 1. The minimum Gasteiger partial charge on any atom is -0.444 e. The third-order valence-corrected chi connectivity index (χ3v) is 2.93. The molecule has 5 nitrogen and oxygen atoms in total. The van der Waals surface area contributed by atoms with Crippen molar-refractivity contribution in [2.75, 3.05) is 6.61 Å². The highest BCUT2D eigenvalue weighted by atomic mass is 32.1. The van der Waals surface area contributed by atoms with E-state index in [0.29, 0.717) is 0 Å². The van der Waals surface area contributed by atoms with Gasteiger partial charge in [0.05, 0.1) is 17.5 Å². The van der Waals surface area contributed by atoms with Crippen molar-refractivity contribution in [3.05, 3.63) is 22.4 Å². The Morgan fingerprint density at radius 3 is 2.75 bits per heavy atom. The minimum absolute atomic E-state index is 0.431. The summed E-state index contributed by atoms with van der Waals surface area (Å²) in [5, 5.41) is 23.3. The van der Waals surface area contributed by atoms with Crippen molar-refractivity contribution in [2.24, 2.45) is 0 Å². The van der Waals surface area contributed by atoms with Crippen LogP contribution in [-0.4, -0.2) is 40.7 Å². The molecule has 1 rings (SSSR count). The van der Waals surface area contributed by atoms with Gasteiger partial charge in [0.15, 0.2) is 0 Å². The first-order chi connectivity index (χ1) is 9.31. The molecule has 0 aliphatic rings. The molecule has 2 atom stereocenters. The zero-order valence-corrected chi connectivity index (χ0v) is 12.5. The zero-order chi connectivity index (χ0) is 15.2. The van der Waals surface area contributed by atoms with Crippen molar-refractivity contribution in [2.45, 2.75) is 38.5 Å². The summed E-state index contributed by atoms with van der Waals surface area (Å²) < 4.78 is 5.05. The van der Waals surface area contributed by atoms with Gasteiger partial charge in [0.25, 0.3) is 0 Å². The molecular weight excluding hydrogens is 278 g/mol. The van der Waals surface area contributed by atoms with Crippen LogP contribution >= 0.6 is 11.3 Å². The monoisotopic (exact) mass is 297 g/mol. The lowest BCUT2D eigenvalue weighted by molar-refractivity contribution is 0.0413. The molecule has 1 aromatic heterocycles. The average Bonchev–Trinajstić information content (AvgIpc) is 2.83.